The Morgan fingerprint density at radius 3 is 2.50 bits per heavy atom. The van der Waals surface area contributed by atoms with Crippen LogP contribution in [-0.2, 0) is 24.3 Å². The number of hydrogen-bond acceptors (Lipinski definition) is 9. The van der Waals surface area contributed by atoms with Gasteiger partial charge in [-0.2, -0.15) is 4.31 Å². The molecule has 1 amide bonds. The van der Waals surface area contributed by atoms with Gasteiger partial charge in [-0.25, -0.2) is 23.0 Å². The lowest BCUT2D eigenvalue weighted by Gasteiger charge is -2.34. The Bertz CT molecular complexity index is 1020. The van der Waals surface area contributed by atoms with E-state index in [1.165, 1.54) is 0 Å². The molecule has 202 valence electrons. The summed E-state index contributed by atoms with van der Waals surface area (Å²) in [5.74, 6) is -0.512. The molecule has 2 aliphatic rings. The molecule has 2 heterocycles. The highest BCUT2D eigenvalue weighted by molar-refractivity contribution is 7.88. The predicted molar refractivity (Wildman–Crippen MR) is 131 cm³/mol. The monoisotopic (exact) mass is 527 g/mol. The first kappa shape index (κ1) is 28.1. The highest BCUT2D eigenvalue weighted by Crippen LogP contribution is 2.37. The van der Waals surface area contributed by atoms with E-state index in [-0.39, 0.29) is 24.7 Å². The average Bonchev–Trinajstić information content (AvgIpc) is 3.22. The lowest BCUT2D eigenvalue weighted by Crippen LogP contribution is -2.52. The van der Waals surface area contributed by atoms with Gasteiger partial charge in [-0.15, -0.1) is 0 Å². The van der Waals surface area contributed by atoms with Gasteiger partial charge in [0, 0.05) is 11.8 Å². The summed E-state index contributed by atoms with van der Waals surface area (Å²) in [6, 6.07) is 2.81. The van der Waals surface area contributed by atoms with Crippen molar-refractivity contribution in [2.75, 3.05) is 26.0 Å². The van der Waals surface area contributed by atoms with Crippen LogP contribution in [0.4, 0.5) is 4.79 Å². The first-order chi connectivity index (χ1) is 16.8. The molecule has 0 aromatic carbocycles. The number of amides is 1. The van der Waals surface area contributed by atoms with Gasteiger partial charge in [0.05, 0.1) is 31.1 Å². The van der Waals surface area contributed by atoms with E-state index in [1.807, 2.05) is 12.1 Å². The van der Waals surface area contributed by atoms with E-state index in [2.05, 4.69) is 10.3 Å². The summed E-state index contributed by atoms with van der Waals surface area (Å²) < 4.78 is 42.7. The van der Waals surface area contributed by atoms with Crippen LogP contribution in [0.5, 0.6) is 5.88 Å². The second kappa shape index (κ2) is 11.7. The number of carbonyl (C=O) groups excluding carboxylic acids is 1. The molecule has 2 N–H and O–H groups in total. The Morgan fingerprint density at radius 1 is 1.19 bits per heavy atom. The van der Waals surface area contributed by atoms with Gasteiger partial charge in [0.25, 0.3) is 0 Å². The normalized spacial score (nSPS) is 24.8. The van der Waals surface area contributed by atoms with Gasteiger partial charge in [0.2, 0.25) is 15.9 Å². The van der Waals surface area contributed by atoms with Gasteiger partial charge in [-0.3, -0.25) is 0 Å². The summed E-state index contributed by atoms with van der Waals surface area (Å²) in [6.07, 6.45) is 5.43. The molecule has 1 saturated heterocycles. The quantitative estimate of drug-likeness (QED) is 0.491. The number of carboxylic acid groups (broad SMARTS) is 1. The number of ether oxygens (including phenoxy) is 3. The summed E-state index contributed by atoms with van der Waals surface area (Å²) in [7, 11) is -3.84. The van der Waals surface area contributed by atoms with E-state index >= 15 is 0 Å². The molecule has 11 nitrogen and oxygen atoms in total. The van der Waals surface area contributed by atoms with Gasteiger partial charge >= 0.3 is 12.1 Å². The Morgan fingerprint density at radius 2 is 1.89 bits per heavy atom. The molecule has 2 atom stereocenters. The molecule has 36 heavy (non-hydrogen) atoms. The van der Waals surface area contributed by atoms with Crippen LogP contribution in [0.25, 0.3) is 0 Å². The van der Waals surface area contributed by atoms with E-state index in [0.29, 0.717) is 18.8 Å². The van der Waals surface area contributed by atoms with E-state index < -0.39 is 40.3 Å². The molecule has 1 aliphatic heterocycles. The van der Waals surface area contributed by atoms with Gasteiger partial charge in [0.1, 0.15) is 5.60 Å². The minimum Gasteiger partial charge on any atom is -0.479 e. The Hall–Kier alpha value is -2.44. The highest BCUT2D eigenvalue weighted by Gasteiger charge is 2.42. The topological polar surface area (TPSA) is 144 Å². The number of carboxylic acids is 1. The van der Waals surface area contributed by atoms with Crippen LogP contribution >= 0.6 is 0 Å². The number of rotatable bonds is 9. The summed E-state index contributed by atoms with van der Waals surface area (Å²) in [5, 5.41) is 12.2. The van der Waals surface area contributed by atoms with Crippen molar-refractivity contribution >= 4 is 22.1 Å². The zero-order chi connectivity index (χ0) is 26.5. The SMILES string of the molecule is CC(C)(C)OC(=O)N([C@H]1CCN[C@H]1COC1CCC(c2cccnc2OCC(=O)O)CC1)S(C)(=O)=O. The van der Waals surface area contributed by atoms with Crippen LogP contribution in [0.15, 0.2) is 18.3 Å². The van der Waals surface area contributed by atoms with Crippen molar-refractivity contribution in [2.24, 2.45) is 0 Å². The van der Waals surface area contributed by atoms with Crippen LogP contribution in [0.2, 0.25) is 0 Å². The lowest BCUT2D eigenvalue weighted by molar-refractivity contribution is -0.139. The zero-order valence-electron chi connectivity index (χ0n) is 21.3. The third kappa shape index (κ3) is 7.78. The van der Waals surface area contributed by atoms with E-state index in [4.69, 9.17) is 19.3 Å². The maximum absolute atomic E-state index is 12.7. The molecule has 0 unspecified atom stereocenters. The molecule has 12 heteroatoms. The fraction of sp³-hybridized carbons (Fsp3) is 0.708. The van der Waals surface area contributed by atoms with Crippen LogP contribution < -0.4 is 10.1 Å². The predicted octanol–water partition coefficient (Wildman–Crippen LogP) is 2.52. The standard InChI is InChI=1S/C24H37N3O8S/c1-24(2,3)35-23(30)27(36(4,31)32)20-11-13-25-19(20)14-33-17-9-7-16(8-10-17)18-6-5-12-26-22(18)34-15-21(28)29/h5-6,12,16-17,19-20,25H,7-11,13-15H2,1-4H3,(H,28,29)/t16?,17?,19-,20-/m0/s1. The molecule has 0 bridgehead atoms. The van der Waals surface area contributed by atoms with Crippen LogP contribution in [0.1, 0.15) is 64.4 Å². The Balaban J connectivity index is 1.57. The zero-order valence-corrected chi connectivity index (χ0v) is 22.1. The van der Waals surface area contributed by atoms with Crippen LogP contribution in [0.3, 0.4) is 0 Å². The molecule has 0 radical (unpaired) electrons. The van der Waals surface area contributed by atoms with E-state index in [0.717, 1.165) is 41.8 Å². The van der Waals surface area contributed by atoms with Crippen molar-refractivity contribution in [1.29, 1.82) is 0 Å². The van der Waals surface area contributed by atoms with E-state index in [9.17, 15) is 18.0 Å². The smallest absolute Gasteiger partial charge is 0.424 e. The summed E-state index contributed by atoms with van der Waals surface area (Å²) in [4.78, 5) is 27.8. The molecule has 1 aliphatic carbocycles. The number of carbonyl (C=O) groups is 2. The first-order valence-corrected chi connectivity index (χ1v) is 14.1. The Labute approximate surface area is 212 Å². The maximum atomic E-state index is 12.7. The van der Waals surface area contributed by atoms with Crippen molar-refractivity contribution < 1.29 is 37.3 Å². The minimum absolute atomic E-state index is 0.00225. The fourth-order valence-electron chi connectivity index (χ4n) is 4.77. The minimum atomic E-state index is -3.84. The third-order valence-electron chi connectivity index (χ3n) is 6.30. The van der Waals surface area contributed by atoms with Gasteiger partial charge < -0.3 is 24.6 Å². The number of aromatic nitrogens is 1. The summed E-state index contributed by atoms with van der Waals surface area (Å²) >= 11 is 0. The van der Waals surface area contributed by atoms with Crippen LogP contribution in [0, 0.1) is 0 Å². The summed E-state index contributed by atoms with van der Waals surface area (Å²) in [6.45, 7) is 5.49. The molecular formula is C24H37N3O8S. The van der Waals surface area contributed by atoms with Crippen molar-refractivity contribution in [1.82, 2.24) is 14.6 Å². The summed E-state index contributed by atoms with van der Waals surface area (Å²) in [5.41, 5.74) is 0.0830. The average molecular weight is 528 g/mol. The maximum Gasteiger partial charge on any atom is 0.424 e. The van der Waals surface area contributed by atoms with Crippen molar-refractivity contribution in [2.45, 2.75) is 82.6 Å². The number of nitrogens with zero attached hydrogens (tertiary/aromatic N) is 2. The number of sulfonamides is 1. The van der Waals surface area contributed by atoms with Crippen molar-refractivity contribution in [3.63, 3.8) is 0 Å². The number of nitrogens with one attached hydrogen (secondary N) is 1. The molecule has 0 spiro atoms. The van der Waals surface area contributed by atoms with Gasteiger partial charge in [0.15, 0.2) is 6.61 Å². The second-order valence-electron chi connectivity index (χ2n) is 10.3. The van der Waals surface area contributed by atoms with Gasteiger partial charge in [-0.05, 0) is 71.4 Å². The molecule has 1 aromatic rings. The van der Waals surface area contributed by atoms with Crippen molar-refractivity contribution in [3.8, 4) is 5.88 Å². The molecule has 2 fully saturated rings. The van der Waals surface area contributed by atoms with Gasteiger partial charge in [-0.1, -0.05) is 6.07 Å². The largest absolute Gasteiger partial charge is 0.479 e. The molecular weight excluding hydrogens is 490 g/mol. The Kier molecular flexibility index (Phi) is 9.18. The third-order valence-corrected chi connectivity index (χ3v) is 7.44. The highest BCUT2D eigenvalue weighted by atomic mass is 32.2. The molecule has 1 saturated carbocycles. The molecule has 1 aromatic heterocycles. The number of hydrogen-bond donors (Lipinski definition) is 2. The van der Waals surface area contributed by atoms with Crippen molar-refractivity contribution in [3.05, 3.63) is 23.9 Å². The second-order valence-corrected chi connectivity index (χ2v) is 12.2. The van der Waals surface area contributed by atoms with Crippen LogP contribution in [-0.4, -0.2) is 84.7 Å². The number of pyridine rings is 1. The first-order valence-electron chi connectivity index (χ1n) is 12.2. The fourth-order valence-corrected chi connectivity index (χ4v) is 5.83. The van der Waals surface area contributed by atoms with E-state index in [1.54, 1.807) is 27.0 Å². The molecule has 3 rings (SSSR count). The lowest BCUT2D eigenvalue weighted by atomic mass is 9.83. The number of aliphatic carboxylic acids is 1.